The average molecular weight is 450 g/mol. The zero-order chi connectivity index (χ0) is 23.4. The highest BCUT2D eigenvalue weighted by molar-refractivity contribution is 6.46. The lowest BCUT2D eigenvalue weighted by atomic mass is 9.91. The molecule has 2 aromatic rings. The molecule has 1 saturated heterocycles. The van der Waals surface area contributed by atoms with E-state index in [0.717, 1.165) is 37.7 Å². The molecule has 2 aliphatic rings. The standard InChI is InChI=1S/C27H31NO5/c1-3-32-21-14-8-10-18(16-21)24-23(25(29)19-11-9-15-22(17-19)33-4-2)26(30)27(31)28(24)20-12-6-5-7-13-20/h8-11,14-17,20,24,29H,3-7,12-13H2,1-2H3/b25-23-. The van der Waals surface area contributed by atoms with Crippen molar-refractivity contribution in [3.05, 3.63) is 65.2 Å². The molecule has 1 N–H and O–H groups in total. The number of likely N-dealkylation sites (tertiary alicyclic amines) is 1. The molecule has 174 valence electrons. The van der Waals surface area contributed by atoms with Crippen molar-refractivity contribution < 1.29 is 24.2 Å². The molecule has 6 heteroatoms. The number of nitrogens with zero attached hydrogens (tertiary/aromatic N) is 1. The predicted molar refractivity (Wildman–Crippen MR) is 126 cm³/mol. The van der Waals surface area contributed by atoms with Gasteiger partial charge in [0.05, 0.1) is 24.8 Å². The number of rotatable bonds is 7. The van der Waals surface area contributed by atoms with Gasteiger partial charge >= 0.3 is 0 Å². The first-order valence-corrected chi connectivity index (χ1v) is 11.8. The van der Waals surface area contributed by atoms with Crippen molar-refractivity contribution in [1.82, 2.24) is 4.90 Å². The highest BCUT2D eigenvalue weighted by atomic mass is 16.5. The summed E-state index contributed by atoms with van der Waals surface area (Å²) >= 11 is 0. The molecule has 4 rings (SSSR count). The maximum absolute atomic E-state index is 13.3. The molecule has 0 bridgehead atoms. The van der Waals surface area contributed by atoms with Gasteiger partial charge < -0.3 is 19.5 Å². The Morgan fingerprint density at radius 3 is 2.24 bits per heavy atom. The molecular weight excluding hydrogens is 418 g/mol. The van der Waals surface area contributed by atoms with Gasteiger partial charge in [0.25, 0.3) is 11.7 Å². The smallest absolute Gasteiger partial charge is 0.295 e. The van der Waals surface area contributed by atoms with Crippen LogP contribution in [0.5, 0.6) is 11.5 Å². The monoisotopic (exact) mass is 449 g/mol. The first kappa shape index (κ1) is 22.9. The first-order valence-electron chi connectivity index (χ1n) is 11.8. The lowest BCUT2D eigenvalue weighted by molar-refractivity contribution is -0.141. The summed E-state index contributed by atoms with van der Waals surface area (Å²) in [5, 5.41) is 11.3. The largest absolute Gasteiger partial charge is 0.507 e. The molecule has 2 fully saturated rings. The van der Waals surface area contributed by atoms with Gasteiger partial charge in [0.15, 0.2) is 0 Å². The van der Waals surface area contributed by atoms with Gasteiger partial charge in [-0.1, -0.05) is 43.5 Å². The molecule has 0 aromatic heterocycles. The van der Waals surface area contributed by atoms with Crippen molar-refractivity contribution in [3.8, 4) is 11.5 Å². The molecule has 1 atom stereocenters. The van der Waals surface area contributed by atoms with Crippen molar-refractivity contribution in [3.63, 3.8) is 0 Å². The summed E-state index contributed by atoms with van der Waals surface area (Å²) in [4.78, 5) is 28.3. The van der Waals surface area contributed by atoms with E-state index in [4.69, 9.17) is 9.47 Å². The van der Waals surface area contributed by atoms with Crippen LogP contribution in [0.2, 0.25) is 0 Å². The minimum absolute atomic E-state index is 0.0315. The van der Waals surface area contributed by atoms with Crippen LogP contribution in [0.15, 0.2) is 54.1 Å². The number of carbonyl (C=O) groups excluding carboxylic acids is 2. The number of hydrogen-bond acceptors (Lipinski definition) is 5. The average Bonchev–Trinajstić information content (AvgIpc) is 3.10. The number of ketones is 1. The van der Waals surface area contributed by atoms with Crippen LogP contribution in [-0.4, -0.2) is 41.0 Å². The summed E-state index contributed by atoms with van der Waals surface area (Å²) in [7, 11) is 0. The third kappa shape index (κ3) is 4.61. The lowest BCUT2D eigenvalue weighted by Gasteiger charge is -2.35. The number of amides is 1. The van der Waals surface area contributed by atoms with Gasteiger partial charge in [-0.05, 0) is 56.5 Å². The van der Waals surface area contributed by atoms with E-state index in [1.54, 1.807) is 29.2 Å². The first-order chi connectivity index (χ1) is 16.0. The number of benzene rings is 2. The van der Waals surface area contributed by atoms with E-state index >= 15 is 0 Å². The molecule has 1 amide bonds. The van der Waals surface area contributed by atoms with E-state index in [9.17, 15) is 14.7 Å². The Hall–Kier alpha value is -3.28. The van der Waals surface area contributed by atoms with Crippen LogP contribution in [0.25, 0.3) is 5.76 Å². The van der Waals surface area contributed by atoms with Gasteiger partial charge in [-0.2, -0.15) is 0 Å². The van der Waals surface area contributed by atoms with E-state index in [1.165, 1.54) is 0 Å². The Morgan fingerprint density at radius 1 is 0.939 bits per heavy atom. The number of hydrogen-bond donors (Lipinski definition) is 1. The van der Waals surface area contributed by atoms with E-state index in [1.807, 2.05) is 38.1 Å². The number of aliphatic hydroxyl groups is 1. The van der Waals surface area contributed by atoms with Crippen molar-refractivity contribution in [2.24, 2.45) is 0 Å². The third-order valence-corrected chi connectivity index (χ3v) is 6.35. The molecule has 1 aliphatic carbocycles. The second-order valence-electron chi connectivity index (χ2n) is 8.46. The molecule has 6 nitrogen and oxygen atoms in total. The van der Waals surface area contributed by atoms with E-state index < -0.39 is 17.7 Å². The summed E-state index contributed by atoms with van der Waals surface area (Å²) in [6.07, 6.45) is 4.89. The highest BCUT2D eigenvalue weighted by Gasteiger charge is 2.49. The molecule has 1 heterocycles. The van der Waals surface area contributed by atoms with Crippen molar-refractivity contribution in [2.75, 3.05) is 13.2 Å². The van der Waals surface area contributed by atoms with Gasteiger partial charge in [0.1, 0.15) is 17.3 Å². The fourth-order valence-corrected chi connectivity index (χ4v) is 4.91. The second kappa shape index (κ2) is 10.1. The second-order valence-corrected chi connectivity index (χ2v) is 8.46. The topological polar surface area (TPSA) is 76.1 Å². The highest BCUT2D eigenvalue weighted by Crippen LogP contribution is 2.43. The quantitative estimate of drug-likeness (QED) is 0.355. The number of carbonyl (C=O) groups is 2. The van der Waals surface area contributed by atoms with Crippen molar-refractivity contribution >= 4 is 17.4 Å². The number of aliphatic hydroxyl groups excluding tert-OH is 1. The summed E-state index contributed by atoms with van der Waals surface area (Å²) in [5.41, 5.74) is 1.33. The van der Waals surface area contributed by atoms with Gasteiger partial charge in [-0.3, -0.25) is 9.59 Å². The fraction of sp³-hybridized carbons (Fsp3) is 0.407. The van der Waals surface area contributed by atoms with Crippen LogP contribution in [-0.2, 0) is 9.59 Å². The van der Waals surface area contributed by atoms with Crippen LogP contribution in [0, 0.1) is 0 Å². The van der Waals surface area contributed by atoms with E-state index in [2.05, 4.69) is 0 Å². The Morgan fingerprint density at radius 2 is 1.58 bits per heavy atom. The van der Waals surface area contributed by atoms with Gasteiger partial charge in [0.2, 0.25) is 0 Å². The molecule has 1 unspecified atom stereocenters. The van der Waals surface area contributed by atoms with E-state index in [-0.39, 0.29) is 17.4 Å². The number of ether oxygens (including phenoxy) is 2. The van der Waals surface area contributed by atoms with Crippen LogP contribution >= 0.6 is 0 Å². The summed E-state index contributed by atoms with van der Waals surface area (Å²) in [5.74, 6) is -0.108. The summed E-state index contributed by atoms with van der Waals surface area (Å²) < 4.78 is 11.2. The maximum atomic E-state index is 13.3. The minimum atomic E-state index is -0.663. The normalized spacial score (nSPS) is 20.8. The van der Waals surface area contributed by atoms with Gasteiger partial charge in [-0.25, -0.2) is 0 Å². The molecule has 33 heavy (non-hydrogen) atoms. The molecule has 1 aliphatic heterocycles. The summed E-state index contributed by atoms with van der Waals surface area (Å²) in [6, 6.07) is 13.7. The SMILES string of the molecule is CCOc1cccc(/C(O)=C2/C(=O)C(=O)N(C3CCCCC3)C2c2cccc(OCC)c2)c1. The minimum Gasteiger partial charge on any atom is -0.507 e. The Kier molecular flexibility index (Phi) is 7.02. The Balaban J connectivity index is 1.85. The van der Waals surface area contributed by atoms with E-state index in [0.29, 0.717) is 30.3 Å². The maximum Gasteiger partial charge on any atom is 0.295 e. The zero-order valence-electron chi connectivity index (χ0n) is 19.3. The van der Waals surface area contributed by atoms with Crippen LogP contribution in [0.1, 0.15) is 63.1 Å². The molecule has 2 aromatic carbocycles. The van der Waals surface area contributed by atoms with Gasteiger partial charge in [-0.15, -0.1) is 0 Å². The van der Waals surface area contributed by atoms with Crippen molar-refractivity contribution in [2.45, 2.75) is 58.0 Å². The third-order valence-electron chi connectivity index (χ3n) is 6.35. The van der Waals surface area contributed by atoms with Crippen molar-refractivity contribution in [1.29, 1.82) is 0 Å². The summed E-state index contributed by atoms with van der Waals surface area (Å²) in [6.45, 7) is 4.79. The predicted octanol–water partition coefficient (Wildman–Crippen LogP) is 5.24. The van der Waals surface area contributed by atoms with Crippen LogP contribution < -0.4 is 9.47 Å². The fourth-order valence-electron chi connectivity index (χ4n) is 4.91. The Bertz CT molecular complexity index is 1050. The molecule has 0 spiro atoms. The van der Waals surface area contributed by atoms with Crippen LogP contribution in [0.4, 0.5) is 0 Å². The Labute approximate surface area is 194 Å². The van der Waals surface area contributed by atoms with Gasteiger partial charge in [0, 0.05) is 11.6 Å². The number of Topliss-reactive ketones (excluding diaryl/α,β-unsaturated/α-hetero) is 1. The zero-order valence-corrected chi connectivity index (χ0v) is 19.3. The van der Waals surface area contributed by atoms with Crippen LogP contribution in [0.3, 0.4) is 0 Å². The molecular formula is C27H31NO5. The molecule has 1 saturated carbocycles. The molecule has 0 radical (unpaired) electrons. The lowest BCUT2D eigenvalue weighted by Crippen LogP contribution is -2.40.